The van der Waals surface area contributed by atoms with Gasteiger partial charge in [-0.05, 0) is 37.1 Å². The number of benzene rings is 2. The summed E-state index contributed by atoms with van der Waals surface area (Å²) in [7, 11) is 1.66. The second kappa shape index (κ2) is 6.81. The predicted molar refractivity (Wildman–Crippen MR) is 100 cm³/mol. The topological polar surface area (TPSA) is 59.1 Å². The number of rotatable bonds is 6. The molecule has 25 heavy (non-hydrogen) atoms. The van der Waals surface area contributed by atoms with Crippen LogP contribution in [0.1, 0.15) is 12.8 Å². The molecule has 0 amide bonds. The Labute approximate surface area is 147 Å². The molecule has 5 heteroatoms. The predicted octanol–water partition coefficient (Wildman–Crippen LogP) is 4.47. The van der Waals surface area contributed by atoms with Gasteiger partial charge in [-0.2, -0.15) is 0 Å². The zero-order chi connectivity index (χ0) is 17.1. The number of nitrogens with zero attached hydrogens (tertiary/aromatic N) is 2. The summed E-state index contributed by atoms with van der Waals surface area (Å²) in [4.78, 5) is 9.35. The average molecular weight is 332 g/mol. The second-order valence-electron chi connectivity index (χ2n) is 6.10. The average Bonchev–Trinajstić information content (AvgIpc) is 3.47. The number of hydrogen-bond acceptors (Lipinski definition) is 5. The van der Waals surface area contributed by atoms with Crippen molar-refractivity contribution < 1.29 is 4.74 Å². The number of nitrogens with one attached hydrogen (secondary N) is 2. The van der Waals surface area contributed by atoms with Crippen LogP contribution < -0.4 is 15.4 Å². The number of aromatic nitrogens is 2. The van der Waals surface area contributed by atoms with Gasteiger partial charge in [-0.25, -0.2) is 9.97 Å². The third-order valence-electron chi connectivity index (χ3n) is 4.05. The molecule has 4 rings (SSSR count). The smallest absolute Gasteiger partial charge is 0.163 e. The molecule has 0 radical (unpaired) electrons. The summed E-state index contributed by atoms with van der Waals surface area (Å²) in [6, 6.07) is 20.3. The van der Waals surface area contributed by atoms with Gasteiger partial charge in [0.15, 0.2) is 5.82 Å². The molecule has 1 aliphatic rings. The second-order valence-corrected chi connectivity index (χ2v) is 6.10. The van der Waals surface area contributed by atoms with Crippen LogP contribution in [-0.2, 0) is 0 Å². The van der Waals surface area contributed by atoms with Crippen molar-refractivity contribution in [2.45, 2.75) is 18.9 Å². The summed E-state index contributed by atoms with van der Waals surface area (Å²) in [5.74, 6) is 3.16. The first-order chi connectivity index (χ1) is 12.3. The van der Waals surface area contributed by atoms with E-state index < -0.39 is 0 Å². The molecule has 0 bridgehead atoms. The van der Waals surface area contributed by atoms with E-state index in [0.29, 0.717) is 11.9 Å². The minimum atomic E-state index is 0.535. The summed E-state index contributed by atoms with van der Waals surface area (Å²) in [5.41, 5.74) is 1.95. The molecule has 1 saturated carbocycles. The summed E-state index contributed by atoms with van der Waals surface area (Å²) in [6.45, 7) is 0. The SMILES string of the molecule is COc1ccc(Nc2cc(NC3CC3)nc(-c3ccccc3)n2)cc1. The van der Waals surface area contributed by atoms with Crippen molar-refractivity contribution in [1.82, 2.24) is 9.97 Å². The lowest BCUT2D eigenvalue weighted by atomic mass is 10.2. The summed E-state index contributed by atoms with van der Waals surface area (Å²) in [6.07, 6.45) is 2.40. The van der Waals surface area contributed by atoms with Gasteiger partial charge in [0.2, 0.25) is 0 Å². The lowest BCUT2D eigenvalue weighted by Gasteiger charge is -2.11. The van der Waals surface area contributed by atoms with E-state index in [1.54, 1.807) is 7.11 Å². The van der Waals surface area contributed by atoms with Crippen LogP contribution in [0.15, 0.2) is 60.7 Å². The van der Waals surface area contributed by atoms with Gasteiger partial charge in [0.05, 0.1) is 7.11 Å². The fourth-order valence-corrected chi connectivity index (χ4v) is 2.56. The van der Waals surface area contributed by atoms with Crippen molar-refractivity contribution in [1.29, 1.82) is 0 Å². The molecule has 0 saturated heterocycles. The fourth-order valence-electron chi connectivity index (χ4n) is 2.56. The van der Waals surface area contributed by atoms with Crippen molar-refractivity contribution in [3.8, 4) is 17.1 Å². The van der Waals surface area contributed by atoms with Gasteiger partial charge in [-0.1, -0.05) is 30.3 Å². The molecule has 2 aromatic carbocycles. The van der Waals surface area contributed by atoms with E-state index in [-0.39, 0.29) is 0 Å². The molecular weight excluding hydrogens is 312 g/mol. The molecular formula is C20H20N4O. The molecule has 0 atom stereocenters. The van der Waals surface area contributed by atoms with Crippen LogP contribution in [0.2, 0.25) is 0 Å². The number of hydrogen-bond donors (Lipinski definition) is 2. The molecule has 5 nitrogen and oxygen atoms in total. The molecule has 0 unspecified atom stereocenters. The van der Waals surface area contributed by atoms with E-state index >= 15 is 0 Å². The summed E-state index contributed by atoms with van der Waals surface area (Å²) in [5, 5.41) is 6.81. The van der Waals surface area contributed by atoms with Gasteiger partial charge in [0, 0.05) is 23.4 Å². The van der Waals surface area contributed by atoms with Crippen LogP contribution in [0.5, 0.6) is 5.75 Å². The van der Waals surface area contributed by atoms with E-state index in [2.05, 4.69) is 20.6 Å². The monoisotopic (exact) mass is 332 g/mol. The first kappa shape index (κ1) is 15.4. The zero-order valence-electron chi connectivity index (χ0n) is 14.1. The number of ether oxygens (including phenoxy) is 1. The normalized spacial score (nSPS) is 13.3. The Morgan fingerprint density at radius 1 is 0.920 bits per heavy atom. The zero-order valence-corrected chi connectivity index (χ0v) is 14.1. The minimum absolute atomic E-state index is 0.535. The fraction of sp³-hybridized carbons (Fsp3) is 0.200. The standard InChI is InChI=1S/C20H20N4O/c1-25-17-11-9-16(10-12-17)22-19-13-18(21-15-7-8-15)23-20(24-19)14-5-3-2-4-6-14/h2-6,9-13,15H,7-8H2,1H3,(H2,21,22,23,24). The van der Waals surface area contributed by atoms with Crippen molar-refractivity contribution >= 4 is 17.3 Å². The van der Waals surface area contributed by atoms with Gasteiger partial charge in [-0.15, -0.1) is 0 Å². The number of anilines is 3. The van der Waals surface area contributed by atoms with Gasteiger partial charge in [-0.3, -0.25) is 0 Å². The first-order valence-electron chi connectivity index (χ1n) is 8.42. The van der Waals surface area contributed by atoms with Gasteiger partial charge >= 0.3 is 0 Å². The molecule has 3 aromatic rings. The molecule has 126 valence electrons. The van der Waals surface area contributed by atoms with Crippen LogP contribution >= 0.6 is 0 Å². The highest BCUT2D eigenvalue weighted by Crippen LogP contribution is 2.28. The molecule has 0 spiro atoms. The Kier molecular flexibility index (Phi) is 4.21. The Bertz CT molecular complexity index is 845. The molecule has 1 fully saturated rings. The molecule has 2 N–H and O–H groups in total. The summed E-state index contributed by atoms with van der Waals surface area (Å²) >= 11 is 0. The van der Waals surface area contributed by atoms with E-state index in [9.17, 15) is 0 Å². The van der Waals surface area contributed by atoms with Gasteiger partial charge in [0.25, 0.3) is 0 Å². The third-order valence-corrected chi connectivity index (χ3v) is 4.05. The van der Waals surface area contributed by atoms with Crippen molar-refractivity contribution in [2.75, 3.05) is 17.7 Å². The number of methoxy groups -OCH3 is 1. The highest BCUT2D eigenvalue weighted by Gasteiger charge is 2.22. The van der Waals surface area contributed by atoms with Crippen molar-refractivity contribution in [3.05, 3.63) is 60.7 Å². The largest absolute Gasteiger partial charge is 0.497 e. The Morgan fingerprint density at radius 2 is 1.64 bits per heavy atom. The minimum Gasteiger partial charge on any atom is -0.497 e. The quantitative estimate of drug-likeness (QED) is 0.697. The molecule has 1 aromatic heterocycles. The lowest BCUT2D eigenvalue weighted by Crippen LogP contribution is -2.06. The first-order valence-corrected chi connectivity index (χ1v) is 8.42. The maximum absolute atomic E-state index is 5.20. The summed E-state index contributed by atoms with van der Waals surface area (Å²) < 4.78 is 5.20. The van der Waals surface area contributed by atoms with Gasteiger partial charge < -0.3 is 15.4 Å². The maximum atomic E-state index is 5.20. The Morgan fingerprint density at radius 3 is 2.32 bits per heavy atom. The van der Waals surface area contributed by atoms with Crippen LogP contribution in [0.3, 0.4) is 0 Å². The highest BCUT2D eigenvalue weighted by atomic mass is 16.5. The maximum Gasteiger partial charge on any atom is 0.163 e. The van der Waals surface area contributed by atoms with E-state index in [4.69, 9.17) is 4.74 Å². The Balaban J connectivity index is 1.64. The van der Waals surface area contributed by atoms with E-state index in [1.807, 2.05) is 60.7 Å². The van der Waals surface area contributed by atoms with Crippen LogP contribution in [0.25, 0.3) is 11.4 Å². The van der Waals surface area contributed by atoms with Crippen molar-refractivity contribution in [3.63, 3.8) is 0 Å². The van der Waals surface area contributed by atoms with Crippen LogP contribution in [0, 0.1) is 0 Å². The van der Waals surface area contributed by atoms with E-state index in [0.717, 1.165) is 28.6 Å². The van der Waals surface area contributed by atoms with Crippen LogP contribution in [0.4, 0.5) is 17.3 Å². The molecule has 0 aliphatic heterocycles. The molecule has 1 aliphatic carbocycles. The third kappa shape index (κ3) is 3.88. The van der Waals surface area contributed by atoms with Crippen LogP contribution in [-0.4, -0.2) is 23.1 Å². The highest BCUT2D eigenvalue weighted by molar-refractivity contribution is 5.65. The van der Waals surface area contributed by atoms with Gasteiger partial charge in [0.1, 0.15) is 17.4 Å². The molecule has 1 heterocycles. The Hall–Kier alpha value is -3.08. The lowest BCUT2D eigenvalue weighted by molar-refractivity contribution is 0.415. The van der Waals surface area contributed by atoms with Crippen molar-refractivity contribution in [2.24, 2.45) is 0 Å². The van der Waals surface area contributed by atoms with E-state index in [1.165, 1.54) is 12.8 Å².